The molecule has 1 saturated heterocycles. The van der Waals surface area contributed by atoms with Gasteiger partial charge in [-0.3, -0.25) is 0 Å². The molecule has 0 radical (unpaired) electrons. The van der Waals surface area contributed by atoms with Crippen molar-refractivity contribution in [2.45, 2.75) is 36.3 Å². The van der Waals surface area contributed by atoms with Crippen LogP contribution < -0.4 is 14.9 Å². The Balaban J connectivity index is 1.45. The van der Waals surface area contributed by atoms with Crippen molar-refractivity contribution in [3.8, 4) is 0 Å². The van der Waals surface area contributed by atoms with E-state index in [1.54, 1.807) is 12.1 Å². The molecule has 3 aromatic carbocycles. The van der Waals surface area contributed by atoms with Crippen LogP contribution in [-0.2, 0) is 22.2 Å². The van der Waals surface area contributed by atoms with E-state index in [1.807, 2.05) is 29.2 Å². The van der Waals surface area contributed by atoms with Crippen molar-refractivity contribution in [1.29, 1.82) is 0 Å². The van der Waals surface area contributed by atoms with Gasteiger partial charge in [-0.15, -0.1) is 0 Å². The van der Waals surface area contributed by atoms with Crippen molar-refractivity contribution >= 4 is 21.4 Å². The molecule has 0 aliphatic carbocycles. The number of aliphatic hydroxyl groups is 1. The summed E-state index contributed by atoms with van der Waals surface area (Å²) in [5.74, 6) is 0. The first-order valence-electron chi connectivity index (χ1n) is 11.5. The monoisotopic (exact) mass is 475 g/mol. The van der Waals surface area contributed by atoms with Gasteiger partial charge in [-0.1, -0.05) is 49.0 Å². The number of benzene rings is 3. The van der Waals surface area contributed by atoms with Crippen molar-refractivity contribution in [3.05, 3.63) is 102 Å². The van der Waals surface area contributed by atoms with Crippen LogP contribution in [0.5, 0.6) is 0 Å². The largest absolute Gasteiger partial charge is 0.374 e. The predicted octanol–water partition coefficient (Wildman–Crippen LogP) is 4.09. The van der Waals surface area contributed by atoms with E-state index in [0.29, 0.717) is 23.4 Å². The van der Waals surface area contributed by atoms with Crippen LogP contribution in [0.4, 0.5) is 11.4 Å². The molecule has 0 amide bonds. The summed E-state index contributed by atoms with van der Waals surface area (Å²) in [6, 6.07) is 22.3. The van der Waals surface area contributed by atoms with Gasteiger partial charge in [0.1, 0.15) is 0 Å². The number of para-hydroxylation sites is 1. The maximum Gasteiger partial charge on any atom is 0.238 e. The third-order valence-electron chi connectivity index (χ3n) is 6.93. The minimum absolute atomic E-state index is 0.00222. The van der Waals surface area contributed by atoms with Gasteiger partial charge in [0, 0.05) is 36.6 Å². The van der Waals surface area contributed by atoms with Crippen molar-refractivity contribution in [2.24, 2.45) is 5.14 Å². The Hall–Kier alpha value is -3.13. The number of sulfonamides is 1. The Morgan fingerprint density at radius 3 is 2.21 bits per heavy atom. The Kier molecular flexibility index (Phi) is 5.72. The molecule has 0 spiro atoms. The lowest BCUT2D eigenvalue weighted by Gasteiger charge is -2.30. The zero-order chi connectivity index (χ0) is 23.9. The fraction of sp³-hybridized carbons (Fsp3) is 0.259. The smallest absolute Gasteiger partial charge is 0.238 e. The fourth-order valence-corrected chi connectivity index (χ4v) is 5.56. The zero-order valence-electron chi connectivity index (χ0n) is 19.0. The molecule has 176 valence electrons. The van der Waals surface area contributed by atoms with Gasteiger partial charge in [0.2, 0.25) is 10.0 Å². The SMILES string of the molecule is C=C1N(Cc2ccc(N3CCCCC3)cc2)c2ccccc2C1(O)c1ccc(S(N)(=O)=O)cc1. The summed E-state index contributed by atoms with van der Waals surface area (Å²) in [6.45, 7) is 7.03. The van der Waals surface area contributed by atoms with Gasteiger partial charge in [0.05, 0.1) is 10.6 Å². The van der Waals surface area contributed by atoms with Crippen molar-refractivity contribution in [3.63, 3.8) is 0 Å². The van der Waals surface area contributed by atoms with Crippen LogP contribution in [0, 0.1) is 0 Å². The highest BCUT2D eigenvalue weighted by atomic mass is 32.2. The number of anilines is 2. The summed E-state index contributed by atoms with van der Waals surface area (Å²) in [5, 5.41) is 17.2. The molecule has 0 bridgehead atoms. The summed E-state index contributed by atoms with van der Waals surface area (Å²) >= 11 is 0. The van der Waals surface area contributed by atoms with Crippen LogP contribution in [0.2, 0.25) is 0 Å². The summed E-state index contributed by atoms with van der Waals surface area (Å²) in [6.07, 6.45) is 3.78. The molecule has 7 heteroatoms. The van der Waals surface area contributed by atoms with Crippen LogP contribution in [0.1, 0.15) is 36.0 Å². The highest BCUT2D eigenvalue weighted by molar-refractivity contribution is 7.89. The second kappa shape index (κ2) is 8.58. The molecule has 3 aromatic rings. The number of piperidine rings is 1. The summed E-state index contributed by atoms with van der Waals surface area (Å²) in [5.41, 5.74) is 3.55. The van der Waals surface area contributed by atoms with Crippen LogP contribution in [0.3, 0.4) is 0 Å². The summed E-state index contributed by atoms with van der Waals surface area (Å²) in [7, 11) is -3.82. The molecule has 2 heterocycles. The first kappa shape index (κ1) is 22.7. The lowest BCUT2D eigenvalue weighted by molar-refractivity contribution is 0.126. The van der Waals surface area contributed by atoms with Gasteiger partial charge in [-0.25, -0.2) is 13.6 Å². The Bertz CT molecular complexity index is 1310. The van der Waals surface area contributed by atoms with Crippen LogP contribution in [-0.4, -0.2) is 26.6 Å². The van der Waals surface area contributed by atoms with E-state index in [9.17, 15) is 13.5 Å². The predicted molar refractivity (Wildman–Crippen MR) is 135 cm³/mol. The van der Waals surface area contributed by atoms with E-state index in [1.165, 1.54) is 37.1 Å². The first-order chi connectivity index (χ1) is 16.3. The standard InChI is InChI=1S/C27H29N3O3S/c1-20-27(31,22-11-15-24(16-12-22)34(28,32)33)25-7-3-4-8-26(25)30(20)19-21-9-13-23(14-10-21)29-17-5-2-6-18-29/h3-4,7-16,31H,1-2,5-6,17-19H2,(H2,28,32,33). The maximum atomic E-state index is 11.9. The average molecular weight is 476 g/mol. The van der Waals surface area contributed by atoms with E-state index >= 15 is 0 Å². The Morgan fingerprint density at radius 1 is 0.912 bits per heavy atom. The van der Waals surface area contributed by atoms with Crippen LogP contribution in [0.25, 0.3) is 0 Å². The summed E-state index contributed by atoms with van der Waals surface area (Å²) < 4.78 is 23.3. The number of primary sulfonamides is 1. The minimum atomic E-state index is -3.82. The second-order valence-corrected chi connectivity index (χ2v) is 10.6. The van der Waals surface area contributed by atoms with Crippen molar-refractivity contribution in [1.82, 2.24) is 0 Å². The van der Waals surface area contributed by atoms with Gasteiger partial charge in [0.25, 0.3) is 0 Å². The van der Waals surface area contributed by atoms with E-state index < -0.39 is 15.6 Å². The fourth-order valence-electron chi connectivity index (χ4n) is 5.05. The maximum absolute atomic E-state index is 11.9. The molecule has 1 fully saturated rings. The number of fused-ring (bicyclic) bond motifs is 1. The van der Waals surface area contributed by atoms with E-state index in [4.69, 9.17) is 5.14 Å². The van der Waals surface area contributed by atoms with E-state index in [-0.39, 0.29) is 4.90 Å². The highest BCUT2D eigenvalue weighted by Gasteiger charge is 2.46. The minimum Gasteiger partial charge on any atom is -0.374 e. The average Bonchev–Trinajstić information content (AvgIpc) is 3.07. The first-order valence-corrected chi connectivity index (χ1v) is 13.1. The molecule has 2 aliphatic rings. The van der Waals surface area contributed by atoms with Crippen molar-refractivity contribution < 1.29 is 13.5 Å². The molecule has 5 rings (SSSR count). The lowest BCUT2D eigenvalue weighted by atomic mass is 9.86. The number of nitrogens with zero attached hydrogens (tertiary/aromatic N) is 2. The third kappa shape index (κ3) is 3.90. The normalized spacial score (nSPS) is 20.5. The topological polar surface area (TPSA) is 86.9 Å². The molecule has 0 aromatic heterocycles. The quantitative estimate of drug-likeness (QED) is 0.580. The molecular formula is C27H29N3O3S. The number of nitrogens with two attached hydrogens (primary N) is 1. The molecular weight excluding hydrogens is 446 g/mol. The van der Waals surface area contributed by atoms with E-state index in [0.717, 1.165) is 24.3 Å². The molecule has 3 N–H and O–H groups in total. The molecule has 34 heavy (non-hydrogen) atoms. The number of hydrogen-bond donors (Lipinski definition) is 2. The van der Waals surface area contributed by atoms with Gasteiger partial charge in [-0.2, -0.15) is 0 Å². The van der Waals surface area contributed by atoms with Gasteiger partial charge < -0.3 is 14.9 Å². The third-order valence-corrected chi connectivity index (χ3v) is 7.86. The van der Waals surface area contributed by atoms with Crippen molar-refractivity contribution in [2.75, 3.05) is 22.9 Å². The molecule has 1 atom stereocenters. The van der Waals surface area contributed by atoms with Crippen LogP contribution in [0.15, 0.2) is 90.0 Å². The Morgan fingerprint density at radius 2 is 1.56 bits per heavy atom. The van der Waals surface area contributed by atoms with Crippen LogP contribution >= 0.6 is 0 Å². The zero-order valence-corrected chi connectivity index (χ0v) is 19.8. The van der Waals surface area contributed by atoms with Gasteiger partial charge in [-0.05, 0) is 60.7 Å². The number of hydrogen-bond acceptors (Lipinski definition) is 5. The lowest BCUT2D eigenvalue weighted by Crippen LogP contribution is -2.31. The molecule has 1 unspecified atom stereocenters. The Labute approximate surface area is 201 Å². The van der Waals surface area contributed by atoms with Gasteiger partial charge in [0.15, 0.2) is 5.60 Å². The molecule has 6 nitrogen and oxygen atoms in total. The van der Waals surface area contributed by atoms with E-state index in [2.05, 4.69) is 35.7 Å². The molecule has 0 saturated carbocycles. The number of rotatable bonds is 5. The summed E-state index contributed by atoms with van der Waals surface area (Å²) in [4.78, 5) is 4.46. The molecule has 2 aliphatic heterocycles. The van der Waals surface area contributed by atoms with Gasteiger partial charge >= 0.3 is 0 Å². The second-order valence-electron chi connectivity index (χ2n) is 9.04. The highest BCUT2D eigenvalue weighted by Crippen LogP contribution is 2.50.